The minimum Gasteiger partial charge on any atom is -0.494 e. The minimum atomic E-state index is -0.507. The van der Waals surface area contributed by atoms with Gasteiger partial charge in [0.2, 0.25) is 5.91 Å². The van der Waals surface area contributed by atoms with Gasteiger partial charge in [-0.15, -0.1) is 12.4 Å². The number of amides is 1. The number of methoxy groups -OCH3 is 1. The van der Waals surface area contributed by atoms with Crippen molar-refractivity contribution in [2.75, 3.05) is 32.1 Å². The van der Waals surface area contributed by atoms with E-state index in [4.69, 9.17) is 10.5 Å². The quantitative estimate of drug-likeness (QED) is 0.604. The summed E-state index contributed by atoms with van der Waals surface area (Å²) in [6, 6.07) is 4.23. The van der Waals surface area contributed by atoms with E-state index in [0.717, 1.165) is 19.5 Å². The number of nitrogens with one attached hydrogen (secondary N) is 1. The number of rotatable bonds is 5. The van der Waals surface area contributed by atoms with Gasteiger partial charge in [0.05, 0.1) is 30.3 Å². The van der Waals surface area contributed by atoms with Crippen LogP contribution in [0.15, 0.2) is 18.2 Å². The number of piperidine rings is 1. The molecule has 0 aromatic heterocycles. The third-order valence-corrected chi connectivity index (χ3v) is 4.43. The molecule has 140 valence electrons. The first-order valence-corrected chi connectivity index (χ1v) is 7.83. The highest BCUT2D eigenvalue weighted by molar-refractivity contribution is 5.93. The third-order valence-electron chi connectivity index (χ3n) is 4.43. The number of anilines is 1. The molecule has 1 heterocycles. The van der Waals surface area contributed by atoms with Crippen molar-refractivity contribution in [1.82, 2.24) is 4.90 Å². The third kappa shape index (κ3) is 5.29. The van der Waals surface area contributed by atoms with Crippen LogP contribution in [0.25, 0.3) is 0 Å². The van der Waals surface area contributed by atoms with Gasteiger partial charge in [-0.25, -0.2) is 0 Å². The SMILES string of the molecule is COc1cc([N+](=O)[O-])ccc1NC(=O)CN1CCC(N)C(C)(C)C1.Cl. The van der Waals surface area contributed by atoms with Gasteiger partial charge in [0.15, 0.2) is 0 Å². The van der Waals surface area contributed by atoms with Crippen LogP contribution in [-0.4, -0.2) is 48.5 Å². The van der Waals surface area contributed by atoms with Gasteiger partial charge in [-0.2, -0.15) is 0 Å². The Kier molecular flexibility index (Phi) is 7.16. The van der Waals surface area contributed by atoms with E-state index in [2.05, 4.69) is 24.1 Å². The second kappa shape index (κ2) is 8.46. The van der Waals surface area contributed by atoms with Crippen LogP contribution in [0, 0.1) is 15.5 Å². The van der Waals surface area contributed by atoms with Crippen LogP contribution < -0.4 is 15.8 Å². The Bertz CT molecular complexity index is 639. The van der Waals surface area contributed by atoms with Crippen molar-refractivity contribution < 1.29 is 14.5 Å². The Morgan fingerprint density at radius 2 is 2.20 bits per heavy atom. The summed E-state index contributed by atoms with van der Waals surface area (Å²) in [5.74, 6) is 0.0759. The van der Waals surface area contributed by atoms with Crippen molar-refractivity contribution in [3.8, 4) is 5.75 Å². The van der Waals surface area contributed by atoms with Gasteiger partial charge in [-0.05, 0) is 17.9 Å². The molecule has 1 fully saturated rings. The molecule has 1 unspecified atom stereocenters. The van der Waals surface area contributed by atoms with Crippen LogP contribution in [0.5, 0.6) is 5.75 Å². The number of hydrogen-bond donors (Lipinski definition) is 2. The van der Waals surface area contributed by atoms with Crippen molar-refractivity contribution in [3.63, 3.8) is 0 Å². The van der Waals surface area contributed by atoms with Crippen molar-refractivity contribution in [2.45, 2.75) is 26.3 Å². The van der Waals surface area contributed by atoms with Gasteiger partial charge >= 0.3 is 0 Å². The molecule has 1 saturated heterocycles. The number of nitro groups is 1. The van der Waals surface area contributed by atoms with Gasteiger partial charge in [-0.3, -0.25) is 19.8 Å². The van der Waals surface area contributed by atoms with E-state index in [1.807, 2.05) is 0 Å². The maximum atomic E-state index is 12.3. The number of halogens is 1. The van der Waals surface area contributed by atoms with E-state index in [-0.39, 0.29) is 47.8 Å². The molecular weight excluding hydrogens is 348 g/mol. The normalized spacial score (nSPS) is 19.6. The predicted octanol–water partition coefficient (Wildman–Crippen LogP) is 2.02. The predicted molar refractivity (Wildman–Crippen MR) is 98.3 cm³/mol. The molecule has 1 aromatic carbocycles. The first-order valence-electron chi connectivity index (χ1n) is 7.83. The number of ether oxygens (including phenoxy) is 1. The van der Waals surface area contributed by atoms with Crippen LogP contribution in [0.3, 0.4) is 0 Å². The molecule has 3 N–H and O–H groups in total. The standard InChI is InChI=1S/C16H24N4O4.ClH/c1-16(2)10-19(7-6-14(16)17)9-15(21)18-12-5-4-11(20(22)23)8-13(12)24-3;/h4-5,8,14H,6-7,9-10,17H2,1-3H3,(H,18,21);1H. The molecule has 1 aliphatic heterocycles. The van der Waals surface area contributed by atoms with Crippen molar-refractivity contribution in [3.05, 3.63) is 28.3 Å². The maximum Gasteiger partial charge on any atom is 0.273 e. The monoisotopic (exact) mass is 372 g/mol. The average molecular weight is 373 g/mol. The van der Waals surface area contributed by atoms with E-state index >= 15 is 0 Å². The molecule has 1 amide bonds. The van der Waals surface area contributed by atoms with E-state index in [1.54, 1.807) is 0 Å². The molecule has 0 saturated carbocycles. The number of nitro benzene ring substituents is 1. The lowest BCUT2D eigenvalue weighted by molar-refractivity contribution is -0.384. The van der Waals surface area contributed by atoms with Crippen molar-refractivity contribution >= 4 is 29.7 Å². The largest absolute Gasteiger partial charge is 0.494 e. The van der Waals surface area contributed by atoms with Crippen LogP contribution in [0.2, 0.25) is 0 Å². The van der Waals surface area contributed by atoms with Crippen LogP contribution in [-0.2, 0) is 4.79 Å². The van der Waals surface area contributed by atoms with Crippen LogP contribution >= 0.6 is 12.4 Å². The van der Waals surface area contributed by atoms with Gasteiger partial charge in [-0.1, -0.05) is 13.8 Å². The Hall–Kier alpha value is -1.90. The zero-order chi connectivity index (χ0) is 17.9. The smallest absolute Gasteiger partial charge is 0.273 e. The van der Waals surface area contributed by atoms with E-state index in [1.165, 1.54) is 25.3 Å². The number of non-ortho nitro benzene ring substituents is 1. The second-order valence-electron chi connectivity index (χ2n) is 6.78. The summed E-state index contributed by atoms with van der Waals surface area (Å²) >= 11 is 0. The Labute approximate surface area is 153 Å². The molecule has 0 bridgehead atoms. The molecule has 1 aromatic rings. The lowest BCUT2D eigenvalue weighted by Crippen LogP contribution is -2.53. The fourth-order valence-corrected chi connectivity index (χ4v) is 2.91. The molecule has 0 spiro atoms. The van der Waals surface area contributed by atoms with Gasteiger partial charge < -0.3 is 15.8 Å². The zero-order valence-corrected chi connectivity index (χ0v) is 15.5. The number of benzene rings is 1. The molecule has 8 nitrogen and oxygen atoms in total. The number of likely N-dealkylation sites (tertiary alicyclic amines) is 1. The number of carbonyl (C=O) groups excluding carboxylic acids is 1. The van der Waals surface area contributed by atoms with Gasteiger partial charge in [0.25, 0.3) is 5.69 Å². The summed E-state index contributed by atoms with van der Waals surface area (Å²) in [5, 5.41) is 13.6. The van der Waals surface area contributed by atoms with Crippen LogP contribution in [0.1, 0.15) is 20.3 Å². The Morgan fingerprint density at radius 1 is 1.52 bits per heavy atom. The first-order chi connectivity index (χ1) is 11.2. The molecule has 2 rings (SSSR count). The van der Waals surface area contributed by atoms with Crippen molar-refractivity contribution in [2.24, 2.45) is 11.1 Å². The first kappa shape index (κ1) is 21.1. The highest BCUT2D eigenvalue weighted by atomic mass is 35.5. The maximum absolute atomic E-state index is 12.3. The summed E-state index contributed by atoms with van der Waals surface area (Å²) in [6.45, 7) is 5.97. The van der Waals surface area contributed by atoms with E-state index in [0.29, 0.717) is 5.69 Å². The van der Waals surface area contributed by atoms with Gasteiger partial charge in [0, 0.05) is 25.2 Å². The molecule has 0 radical (unpaired) electrons. The second-order valence-corrected chi connectivity index (χ2v) is 6.78. The van der Waals surface area contributed by atoms with Crippen molar-refractivity contribution in [1.29, 1.82) is 0 Å². The summed E-state index contributed by atoms with van der Waals surface area (Å²) in [4.78, 5) is 24.6. The lowest BCUT2D eigenvalue weighted by Gasteiger charge is -2.42. The van der Waals surface area contributed by atoms with E-state index < -0.39 is 4.92 Å². The number of carbonyl (C=O) groups is 1. The van der Waals surface area contributed by atoms with E-state index in [9.17, 15) is 14.9 Å². The summed E-state index contributed by atoms with van der Waals surface area (Å²) in [6.07, 6.45) is 0.848. The number of hydrogen-bond acceptors (Lipinski definition) is 6. The molecule has 9 heteroatoms. The molecular formula is C16H25ClN4O4. The molecule has 0 aliphatic carbocycles. The Morgan fingerprint density at radius 3 is 2.76 bits per heavy atom. The lowest BCUT2D eigenvalue weighted by atomic mass is 9.80. The highest BCUT2D eigenvalue weighted by Crippen LogP contribution is 2.30. The minimum absolute atomic E-state index is 0. The van der Waals surface area contributed by atoms with Crippen LogP contribution in [0.4, 0.5) is 11.4 Å². The average Bonchev–Trinajstić information content (AvgIpc) is 2.50. The summed E-state index contributed by atoms with van der Waals surface area (Å²) in [7, 11) is 1.41. The molecule has 1 aliphatic rings. The Balaban J connectivity index is 0.00000312. The topological polar surface area (TPSA) is 111 Å². The number of nitrogens with zero attached hydrogens (tertiary/aromatic N) is 2. The fraction of sp³-hybridized carbons (Fsp3) is 0.562. The summed E-state index contributed by atoms with van der Waals surface area (Å²) in [5.41, 5.74) is 6.40. The zero-order valence-electron chi connectivity index (χ0n) is 14.7. The highest BCUT2D eigenvalue weighted by Gasteiger charge is 2.33. The summed E-state index contributed by atoms with van der Waals surface area (Å²) < 4.78 is 5.12. The fourth-order valence-electron chi connectivity index (χ4n) is 2.91. The number of nitrogens with two attached hydrogens (primary N) is 1. The van der Waals surface area contributed by atoms with Gasteiger partial charge in [0.1, 0.15) is 5.75 Å². The molecule has 1 atom stereocenters. The molecule has 25 heavy (non-hydrogen) atoms.